The smallest absolute Gasteiger partial charge is 0.335 e. The molecule has 2 aliphatic carbocycles. The molecule has 2 aromatic carbocycles. The van der Waals surface area contributed by atoms with Gasteiger partial charge in [0.25, 0.3) is 0 Å². The number of benzene rings is 2. The van der Waals surface area contributed by atoms with E-state index in [-0.39, 0.29) is 0 Å². The predicted molar refractivity (Wildman–Crippen MR) is 138 cm³/mol. The minimum Gasteiger partial charge on any atom is -0.478 e. The molecule has 2 atom stereocenters. The van der Waals surface area contributed by atoms with Crippen LogP contribution >= 0.6 is 0 Å². The lowest BCUT2D eigenvalue weighted by Crippen LogP contribution is -2.56. The molecule has 2 N–H and O–H groups in total. The number of nitrogens with zero attached hydrogens (tertiary/aromatic N) is 2. The highest BCUT2D eigenvalue weighted by molar-refractivity contribution is 5.88. The molecule has 0 unspecified atom stereocenters. The van der Waals surface area contributed by atoms with Crippen molar-refractivity contribution >= 4 is 16.9 Å². The van der Waals surface area contributed by atoms with Crippen molar-refractivity contribution in [2.24, 2.45) is 5.41 Å². The third kappa shape index (κ3) is 3.80. The molecule has 5 nitrogen and oxygen atoms in total. The zero-order valence-electron chi connectivity index (χ0n) is 20.6. The second-order valence-electron chi connectivity index (χ2n) is 11.8. The van der Waals surface area contributed by atoms with Gasteiger partial charge in [0, 0.05) is 55.4 Å². The molecule has 3 heterocycles. The Morgan fingerprint density at radius 1 is 1.11 bits per heavy atom. The van der Waals surface area contributed by atoms with Crippen LogP contribution in [-0.2, 0) is 6.54 Å². The van der Waals surface area contributed by atoms with E-state index in [2.05, 4.69) is 52.2 Å². The number of aromatic carboxylic acids is 1. The number of aryl methyl sites for hydroxylation is 1. The number of carboxylic acids is 1. The highest BCUT2D eigenvalue weighted by Gasteiger charge is 2.54. The fraction of sp³-hybridized carbons (Fsp3) is 0.500. The normalized spacial score (nSPS) is 26.2. The van der Waals surface area contributed by atoms with Crippen molar-refractivity contribution in [3.63, 3.8) is 0 Å². The highest BCUT2D eigenvalue weighted by Crippen LogP contribution is 2.54. The largest absolute Gasteiger partial charge is 0.478 e. The molecule has 35 heavy (non-hydrogen) atoms. The number of hydrogen-bond donors (Lipinski definition) is 2. The molecule has 0 bridgehead atoms. The van der Waals surface area contributed by atoms with Crippen LogP contribution in [0.5, 0.6) is 0 Å². The molecule has 1 spiro atoms. The lowest BCUT2D eigenvalue weighted by atomic mass is 9.85. The van der Waals surface area contributed by atoms with E-state index < -0.39 is 5.97 Å². The molecule has 2 saturated carbocycles. The van der Waals surface area contributed by atoms with E-state index in [4.69, 9.17) is 0 Å². The summed E-state index contributed by atoms with van der Waals surface area (Å²) in [5.74, 6) is -0.140. The minimum absolute atomic E-state index is 0.315. The fourth-order valence-corrected chi connectivity index (χ4v) is 6.91. The molecule has 4 aliphatic rings. The number of aromatic amines is 1. The van der Waals surface area contributed by atoms with Gasteiger partial charge in [-0.1, -0.05) is 18.2 Å². The molecule has 0 radical (unpaired) electrons. The average molecular weight is 470 g/mol. The first-order valence-corrected chi connectivity index (χ1v) is 13.4. The van der Waals surface area contributed by atoms with Crippen LogP contribution in [0.2, 0.25) is 0 Å². The number of aromatic nitrogens is 1. The molecule has 182 valence electrons. The van der Waals surface area contributed by atoms with Gasteiger partial charge in [-0.3, -0.25) is 9.80 Å². The van der Waals surface area contributed by atoms with Gasteiger partial charge in [-0.2, -0.15) is 0 Å². The molecule has 2 aliphatic heterocycles. The average Bonchev–Trinajstić information content (AvgIpc) is 3.77. The maximum atomic E-state index is 11.5. The summed E-state index contributed by atoms with van der Waals surface area (Å²) in [5.41, 5.74) is 7.98. The fourth-order valence-electron chi connectivity index (χ4n) is 6.91. The number of fused-ring (bicyclic) bond motifs is 1. The number of carboxylic acid groups (broad SMARTS) is 1. The Balaban J connectivity index is 1.21. The first-order chi connectivity index (χ1) is 17.0. The second-order valence-corrected chi connectivity index (χ2v) is 11.8. The number of hydrogen-bond acceptors (Lipinski definition) is 3. The van der Waals surface area contributed by atoms with Crippen molar-refractivity contribution in [3.05, 3.63) is 70.4 Å². The van der Waals surface area contributed by atoms with Crippen molar-refractivity contribution < 1.29 is 9.90 Å². The van der Waals surface area contributed by atoms with Gasteiger partial charge in [0.2, 0.25) is 0 Å². The summed E-state index contributed by atoms with van der Waals surface area (Å²) < 4.78 is 0. The minimum atomic E-state index is -0.853. The number of piperidine rings is 1. The van der Waals surface area contributed by atoms with Crippen molar-refractivity contribution in [1.82, 2.24) is 14.8 Å². The molecule has 2 saturated heterocycles. The number of nitrogens with one attached hydrogen (secondary N) is 1. The van der Waals surface area contributed by atoms with Crippen LogP contribution in [0, 0.1) is 12.3 Å². The quantitative estimate of drug-likeness (QED) is 0.475. The van der Waals surface area contributed by atoms with Crippen molar-refractivity contribution in [1.29, 1.82) is 0 Å². The number of likely N-dealkylation sites (tertiary alicyclic amines) is 2. The third-order valence-electron chi connectivity index (χ3n) is 9.34. The van der Waals surface area contributed by atoms with E-state index in [1.165, 1.54) is 72.8 Å². The maximum Gasteiger partial charge on any atom is 0.335 e. The molecular weight excluding hydrogens is 434 g/mol. The van der Waals surface area contributed by atoms with E-state index in [0.29, 0.717) is 29.0 Å². The Morgan fingerprint density at radius 3 is 2.57 bits per heavy atom. The van der Waals surface area contributed by atoms with Gasteiger partial charge in [-0.25, -0.2) is 4.79 Å². The van der Waals surface area contributed by atoms with Crippen LogP contribution in [-0.4, -0.2) is 51.5 Å². The van der Waals surface area contributed by atoms with Crippen molar-refractivity contribution in [3.8, 4) is 0 Å². The number of rotatable bonds is 6. The van der Waals surface area contributed by atoms with E-state index >= 15 is 0 Å². The summed E-state index contributed by atoms with van der Waals surface area (Å²) in [4.78, 5) is 20.4. The van der Waals surface area contributed by atoms with E-state index in [1.54, 1.807) is 17.7 Å². The van der Waals surface area contributed by atoms with Crippen molar-refractivity contribution in [2.45, 2.75) is 70.0 Å². The summed E-state index contributed by atoms with van der Waals surface area (Å²) in [6.07, 6.45) is 9.90. The van der Waals surface area contributed by atoms with E-state index in [1.807, 2.05) is 0 Å². The molecule has 0 amide bonds. The monoisotopic (exact) mass is 469 g/mol. The molecule has 1 aromatic heterocycles. The SMILES string of the molecule is Cc1cc(C2CC2)c(CN2CC[C@@H](N3CC4(CC4)C3)C[C@H]2c2ccc(C(=O)O)cc2)c2cc[nH]c12. The van der Waals surface area contributed by atoms with Gasteiger partial charge in [0.05, 0.1) is 5.56 Å². The van der Waals surface area contributed by atoms with Gasteiger partial charge in [0.15, 0.2) is 0 Å². The summed E-state index contributed by atoms with van der Waals surface area (Å²) >= 11 is 0. The Hall–Kier alpha value is -2.63. The van der Waals surface area contributed by atoms with Crippen LogP contribution in [0.25, 0.3) is 10.9 Å². The van der Waals surface area contributed by atoms with Gasteiger partial charge in [-0.15, -0.1) is 0 Å². The molecular formula is C30H35N3O2. The molecule has 3 aromatic rings. The first-order valence-electron chi connectivity index (χ1n) is 13.4. The van der Waals surface area contributed by atoms with Gasteiger partial charge in [0.1, 0.15) is 0 Å². The maximum absolute atomic E-state index is 11.5. The number of carbonyl (C=O) groups is 1. The first kappa shape index (κ1) is 21.6. The summed E-state index contributed by atoms with van der Waals surface area (Å²) in [7, 11) is 0. The standard InChI is InChI=1S/C30H35N3O2/c1-19-14-25(20-2-3-20)26(24-8-12-31-28(19)24)16-32-13-9-23(33-17-30(18-33)10-11-30)15-27(32)21-4-6-22(7-5-21)29(34)35/h4-8,12,14,20,23,27,31H,2-3,9-11,13,15-18H2,1H3,(H,34,35)/t23-,27+/m1/s1. The lowest BCUT2D eigenvalue weighted by molar-refractivity contribution is -0.0130. The van der Waals surface area contributed by atoms with Gasteiger partial charge < -0.3 is 10.1 Å². The molecule has 5 heteroatoms. The molecule has 7 rings (SSSR count). The van der Waals surface area contributed by atoms with E-state index in [0.717, 1.165) is 19.5 Å². The van der Waals surface area contributed by atoms with Crippen LogP contribution < -0.4 is 0 Å². The van der Waals surface area contributed by atoms with Crippen LogP contribution in [0.1, 0.15) is 83.1 Å². The Kier molecular flexibility index (Phi) is 4.91. The van der Waals surface area contributed by atoms with Gasteiger partial charge in [-0.05, 0) is 97.2 Å². The van der Waals surface area contributed by atoms with Gasteiger partial charge >= 0.3 is 5.97 Å². The summed E-state index contributed by atoms with van der Waals surface area (Å²) in [5, 5.41) is 10.8. The number of H-pyrrole nitrogens is 1. The van der Waals surface area contributed by atoms with Crippen molar-refractivity contribution in [2.75, 3.05) is 19.6 Å². The molecule has 4 fully saturated rings. The summed E-state index contributed by atoms with van der Waals surface area (Å²) in [6.45, 7) is 6.85. The Labute approximate surface area is 207 Å². The zero-order chi connectivity index (χ0) is 23.7. The summed E-state index contributed by atoms with van der Waals surface area (Å²) in [6, 6.07) is 13.3. The van der Waals surface area contributed by atoms with Crippen LogP contribution in [0.3, 0.4) is 0 Å². The van der Waals surface area contributed by atoms with Crippen LogP contribution in [0.15, 0.2) is 42.6 Å². The van der Waals surface area contributed by atoms with Crippen LogP contribution in [0.4, 0.5) is 0 Å². The predicted octanol–water partition coefficient (Wildman–Crippen LogP) is 5.85. The third-order valence-corrected chi connectivity index (χ3v) is 9.34. The lowest BCUT2D eigenvalue weighted by Gasteiger charge is -2.50. The Bertz CT molecular complexity index is 1280. The second kappa shape index (κ2) is 7.94. The Morgan fingerprint density at radius 2 is 1.89 bits per heavy atom. The zero-order valence-corrected chi connectivity index (χ0v) is 20.6. The topological polar surface area (TPSA) is 59.6 Å². The highest BCUT2D eigenvalue weighted by atomic mass is 16.4. The van der Waals surface area contributed by atoms with E-state index in [9.17, 15) is 9.90 Å².